The Morgan fingerprint density at radius 2 is 2.22 bits per heavy atom. The van der Waals surface area contributed by atoms with Crippen LogP contribution in [0.5, 0.6) is 5.75 Å². The lowest BCUT2D eigenvalue weighted by atomic mass is 10.1. The molecule has 7 heteroatoms. The fourth-order valence-electron chi connectivity index (χ4n) is 2.68. The average Bonchev–Trinajstić information content (AvgIpc) is 2.90. The molecule has 0 bridgehead atoms. The molecule has 0 aliphatic carbocycles. The molecular formula is C16H21ClN2O4. The van der Waals surface area contributed by atoms with E-state index in [4.69, 9.17) is 21.1 Å². The quantitative estimate of drug-likeness (QED) is 0.861. The smallest absolute Gasteiger partial charge is 0.229 e. The molecule has 0 saturated carbocycles. The van der Waals surface area contributed by atoms with Crippen molar-refractivity contribution in [3.63, 3.8) is 0 Å². The fraction of sp³-hybridized carbons (Fsp3) is 0.500. The molecule has 126 valence electrons. The molecule has 2 amide bonds. The number of likely N-dealkylation sites (tertiary alicyclic amines) is 1. The van der Waals surface area contributed by atoms with Gasteiger partial charge in [-0.15, -0.1) is 0 Å². The lowest BCUT2D eigenvalue weighted by molar-refractivity contribution is -0.130. The number of amides is 2. The van der Waals surface area contributed by atoms with Crippen LogP contribution < -0.4 is 10.1 Å². The van der Waals surface area contributed by atoms with Crippen LogP contribution in [0.1, 0.15) is 13.3 Å². The highest BCUT2D eigenvalue weighted by atomic mass is 35.5. The number of ether oxygens (including phenoxy) is 2. The van der Waals surface area contributed by atoms with Crippen molar-refractivity contribution in [3.8, 4) is 5.75 Å². The monoisotopic (exact) mass is 340 g/mol. The number of hydrogen-bond donors (Lipinski definition) is 1. The molecule has 1 fully saturated rings. The maximum Gasteiger partial charge on any atom is 0.229 e. The zero-order chi connectivity index (χ0) is 17.0. The van der Waals surface area contributed by atoms with Gasteiger partial charge in [0.15, 0.2) is 0 Å². The van der Waals surface area contributed by atoms with Gasteiger partial charge >= 0.3 is 0 Å². The molecule has 1 heterocycles. The van der Waals surface area contributed by atoms with E-state index in [0.717, 1.165) is 0 Å². The molecule has 0 radical (unpaired) electrons. The molecule has 2 atom stereocenters. The summed E-state index contributed by atoms with van der Waals surface area (Å²) in [5.74, 6) is -0.124. The van der Waals surface area contributed by atoms with Gasteiger partial charge in [0.2, 0.25) is 11.8 Å². The summed E-state index contributed by atoms with van der Waals surface area (Å²) in [5, 5.41) is 3.30. The Kier molecular flexibility index (Phi) is 5.85. The Morgan fingerprint density at radius 1 is 1.48 bits per heavy atom. The minimum Gasteiger partial charge on any atom is -0.495 e. The summed E-state index contributed by atoms with van der Waals surface area (Å²) in [4.78, 5) is 26.2. The highest BCUT2D eigenvalue weighted by Gasteiger charge is 2.36. The van der Waals surface area contributed by atoms with E-state index < -0.39 is 5.92 Å². The molecule has 1 aliphatic rings. The normalized spacial score (nSPS) is 18.9. The molecule has 23 heavy (non-hydrogen) atoms. The molecule has 1 aromatic carbocycles. The first-order chi connectivity index (χ1) is 11.0. The van der Waals surface area contributed by atoms with Crippen LogP contribution in [0.25, 0.3) is 0 Å². The van der Waals surface area contributed by atoms with Crippen LogP contribution in [0.2, 0.25) is 5.02 Å². The molecule has 1 aromatic rings. The van der Waals surface area contributed by atoms with Crippen LogP contribution in [0.3, 0.4) is 0 Å². The van der Waals surface area contributed by atoms with E-state index in [9.17, 15) is 9.59 Å². The van der Waals surface area contributed by atoms with Gasteiger partial charge in [0, 0.05) is 25.1 Å². The third kappa shape index (κ3) is 4.14. The van der Waals surface area contributed by atoms with Crippen LogP contribution in [-0.2, 0) is 14.3 Å². The average molecular weight is 341 g/mol. The number of anilines is 1. The van der Waals surface area contributed by atoms with E-state index in [2.05, 4.69) is 5.32 Å². The lowest BCUT2D eigenvalue weighted by Crippen LogP contribution is -2.38. The molecule has 0 aromatic heterocycles. The van der Waals surface area contributed by atoms with Gasteiger partial charge in [0.25, 0.3) is 0 Å². The van der Waals surface area contributed by atoms with Gasteiger partial charge in [0.05, 0.1) is 31.4 Å². The van der Waals surface area contributed by atoms with E-state index in [1.807, 2.05) is 6.92 Å². The number of methoxy groups -OCH3 is 2. The summed E-state index contributed by atoms with van der Waals surface area (Å²) in [6.07, 6.45) is 0.197. The van der Waals surface area contributed by atoms with Gasteiger partial charge in [-0.1, -0.05) is 11.6 Å². The predicted octanol–water partition coefficient (Wildman–Crippen LogP) is 2.17. The van der Waals surface area contributed by atoms with Gasteiger partial charge in [-0.2, -0.15) is 0 Å². The maximum atomic E-state index is 12.4. The van der Waals surface area contributed by atoms with Crippen molar-refractivity contribution in [3.05, 3.63) is 23.2 Å². The Morgan fingerprint density at radius 3 is 2.87 bits per heavy atom. The summed E-state index contributed by atoms with van der Waals surface area (Å²) in [6.45, 7) is 2.74. The fourth-order valence-corrected chi connectivity index (χ4v) is 2.85. The number of nitrogens with one attached hydrogen (secondary N) is 1. The summed E-state index contributed by atoms with van der Waals surface area (Å²) < 4.78 is 10.3. The van der Waals surface area contributed by atoms with E-state index in [-0.39, 0.29) is 24.3 Å². The van der Waals surface area contributed by atoms with E-state index in [1.54, 1.807) is 30.2 Å². The summed E-state index contributed by atoms with van der Waals surface area (Å²) >= 11 is 5.96. The highest BCUT2D eigenvalue weighted by Crippen LogP contribution is 2.29. The Hall–Kier alpha value is -1.79. The SMILES string of the molecule is COCC(C)N1CC(C(=O)Nc2cc(Cl)ccc2OC)CC1=O. The standard InChI is InChI=1S/C16H21ClN2O4/c1-10(9-22-2)19-8-11(6-15(19)20)16(21)18-13-7-12(17)4-5-14(13)23-3/h4-5,7,10-11H,6,8-9H2,1-3H3,(H,18,21). The number of carbonyl (C=O) groups is 2. The summed E-state index contributed by atoms with van der Waals surface area (Å²) in [5.41, 5.74) is 0.501. The number of hydrogen-bond acceptors (Lipinski definition) is 4. The van der Waals surface area contributed by atoms with E-state index in [0.29, 0.717) is 29.6 Å². The Labute approximate surface area is 140 Å². The minimum atomic E-state index is -0.398. The lowest BCUT2D eigenvalue weighted by Gasteiger charge is -2.24. The second kappa shape index (κ2) is 7.66. The van der Waals surface area contributed by atoms with Gasteiger partial charge in [-0.05, 0) is 25.1 Å². The van der Waals surface area contributed by atoms with Gasteiger partial charge in [-0.3, -0.25) is 9.59 Å². The molecule has 6 nitrogen and oxygen atoms in total. The second-order valence-electron chi connectivity index (χ2n) is 5.59. The molecule has 1 saturated heterocycles. The van der Waals surface area contributed by atoms with Crippen molar-refractivity contribution < 1.29 is 19.1 Å². The predicted molar refractivity (Wildman–Crippen MR) is 87.8 cm³/mol. The molecule has 0 spiro atoms. The largest absolute Gasteiger partial charge is 0.495 e. The van der Waals surface area contributed by atoms with E-state index >= 15 is 0 Å². The highest BCUT2D eigenvalue weighted by molar-refractivity contribution is 6.31. The van der Waals surface area contributed by atoms with Crippen molar-refractivity contribution in [1.82, 2.24) is 4.90 Å². The number of nitrogens with zero attached hydrogens (tertiary/aromatic N) is 1. The van der Waals surface area contributed by atoms with Crippen LogP contribution in [0.4, 0.5) is 5.69 Å². The Balaban J connectivity index is 2.05. The van der Waals surface area contributed by atoms with E-state index in [1.165, 1.54) is 7.11 Å². The first-order valence-electron chi connectivity index (χ1n) is 7.39. The molecular weight excluding hydrogens is 320 g/mol. The maximum absolute atomic E-state index is 12.4. The molecule has 2 unspecified atom stereocenters. The van der Waals surface area contributed by atoms with Crippen LogP contribution in [-0.4, -0.2) is 50.1 Å². The first-order valence-corrected chi connectivity index (χ1v) is 7.76. The van der Waals surface area contributed by atoms with Crippen LogP contribution in [0.15, 0.2) is 18.2 Å². The van der Waals surface area contributed by atoms with Crippen molar-refractivity contribution in [1.29, 1.82) is 0 Å². The second-order valence-corrected chi connectivity index (χ2v) is 6.02. The topological polar surface area (TPSA) is 67.9 Å². The Bertz CT molecular complexity index is 593. The van der Waals surface area contributed by atoms with Gasteiger partial charge < -0.3 is 19.7 Å². The zero-order valence-electron chi connectivity index (χ0n) is 13.5. The number of rotatable bonds is 6. The van der Waals surface area contributed by atoms with Crippen molar-refractivity contribution in [2.24, 2.45) is 5.92 Å². The zero-order valence-corrected chi connectivity index (χ0v) is 14.2. The van der Waals surface area contributed by atoms with Crippen molar-refractivity contribution >= 4 is 29.1 Å². The third-order valence-electron chi connectivity index (χ3n) is 3.89. The number of benzene rings is 1. The van der Waals surface area contributed by atoms with Crippen molar-refractivity contribution in [2.75, 3.05) is 32.7 Å². The first kappa shape index (κ1) is 17.6. The molecule has 1 aliphatic heterocycles. The molecule has 2 rings (SSSR count). The van der Waals surface area contributed by atoms with Gasteiger partial charge in [0.1, 0.15) is 5.75 Å². The molecule has 1 N–H and O–H groups in total. The van der Waals surface area contributed by atoms with Crippen molar-refractivity contribution in [2.45, 2.75) is 19.4 Å². The van der Waals surface area contributed by atoms with Crippen LogP contribution in [0, 0.1) is 5.92 Å². The summed E-state index contributed by atoms with van der Waals surface area (Å²) in [7, 11) is 3.11. The third-order valence-corrected chi connectivity index (χ3v) is 4.12. The number of halogens is 1. The summed E-state index contributed by atoms with van der Waals surface area (Å²) in [6, 6.07) is 4.94. The van der Waals surface area contributed by atoms with Gasteiger partial charge in [-0.25, -0.2) is 0 Å². The van der Waals surface area contributed by atoms with Crippen LogP contribution >= 0.6 is 11.6 Å². The number of carbonyl (C=O) groups excluding carboxylic acids is 2. The minimum absolute atomic E-state index is 0.0345.